The Morgan fingerprint density at radius 3 is 2.18 bits per heavy atom. The molecule has 1 aliphatic heterocycles. The van der Waals surface area contributed by atoms with Crippen LogP contribution in [-0.4, -0.2) is 58.8 Å². The minimum Gasteiger partial charge on any atom is -0.394 e. The van der Waals surface area contributed by atoms with Crippen molar-refractivity contribution in [2.45, 2.75) is 12.3 Å². The number of carbonyl (C=O) groups excluding carboxylic acids is 3. The highest BCUT2D eigenvalue weighted by atomic mass is 16.3. The third kappa shape index (κ3) is 6.29. The number of primary amides is 1. The van der Waals surface area contributed by atoms with Crippen molar-refractivity contribution in [2.75, 3.05) is 13.2 Å². The van der Waals surface area contributed by atoms with Gasteiger partial charge in [-0.3, -0.25) is 10.1 Å². The van der Waals surface area contributed by atoms with Gasteiger partial charge in [0.2, 0.25) is 0 Å². The minimum atomic E-state index is -1.04. The molecule has 1 unspecified atom stereocenters. The Kier molecular flexibility index (Phi) is 6.55. The van der Waals surface area contributed by atoms with Crippen molar-refractivity contribution >= 4 is 18.0 Å². The van der Waals surface area contributed by atoms with Crippen LogP contribution in [0.1, 0.15) is 0 Å². The molecule has 0 aromatic rings. The summed E-state index contributed by atoms with van der Waals surface area (Å²) in [5.74, 6) is -0.617. The molecule has 1 rings (SSSR count). The molecular weight excluding hydrogens is 236 g/mol. The van der Waals surface area contributed by atoms with E-state index in [1.807, 2.05) is 10.6 Å². The van der Waals surface area contributed by atoms with Gasteiger partial charge in [0.05, 0.1) is 13.2 Å². The van der Waals surface area contributed by atoms with Gasteiger partial charge in [-0.1, -0.05) is 0 Å². The molecule has 1 aliphatic rings. The van der Waals surface area contributed by atoms with Crippen LogP contribution in [0.2, 0.25) is 0 Å². The molecule has 0 aromatic heterocycles. The highest BCUT2D eigenvalue weighted by molar-refractivity contribution is 6.05. The van der Waals surface area contributed by atoms with Gasteiger partial charge >= 0.3 is 12.1 Å². The summed E-state index contributed by atoms with van der Waals surface area (Å²) in [6, 6.07) is -1.51. The molecule has 10 nitrogen and oxygen atoms in total. The van der Waals surface area contributed by atoms with Gasteiger partial charge in [-0.25, -0.2) is 9.59 Å². The number of carbonyl (C=O) groups is 3. The fourth-order valence-corrected chi connectivity index (χ4v) is 0.718. The van der Waals surface area contributed by atoms with Crippen LogP contribution < -0.4 is 21.7 Å². The van der Waals surface area contributed by atoms with Crippen LogP contribution >= 0.6 is 0 Å². The maximum atomic E-state index is 10.7. The van der Waals surface area contributed by atoms with E-state index in [1.54, 1.807) is 0 Å². The molecule has 17 heavy (non-hydrogen) atoms. The van der Waals surface area contributed by atoms with E-state index in [1.165, 1.54) is 0 Å². The van der Waals surface area contributed by atoms with Crippen LogP contribution in [0.3, 0.4) is 0 Å². The number of nitrogens with two attached hydrogens (primary N) is 1. The lowest BCUT2D eigenvalue weighted by molar-refractivity contribution is -0.120. The second kappa shape index (κ2) is 7.38. The second-order valence-electron chi connectivity index (χ2n) is 2.92. The van der Waals surface area contributed by atoms with E-state index in [9.17, 15) is 14.4 Å². The molecule has 0 aliphatic carbocycles. The maximum absolute atomic E-state index is 10.7. The van der Waals surface area contributed by atoms with Crippen molar-refractivity contribution in [1.82, 2.24) is 16.0 Å². The Balaban J connectivity index is 0.000000366. The lowest BCUT2D eigenvalue weighted by Gasteiger charge is -2.05. The molecular formula is C7H14N4O6. The molecule has 8 N–H and O–H groups in total. The zero-order valence-corrected chi connectivity index (χ0v) is 8.71. The van der Waals surface area contributed by atoms with E-state index in [4.69, 9.17) is 21.1 Å². The first-order chi connectivity index (χ1) is 7.90. The lowest BCUT2D eigenvalue weighted by Crippen LogP contribution is -2.48. The Bertz CT molecular complexity index is 292. The normalized spacial score (nSPS) is 18.0. The fraction of sp³-hybridized carbons (Fsp3) is 0.571. The highest BCUT2D eigenvalue weighted by Gasteiger charge is 2.29. The SMILES string of the molecule is NC(=O)NC1NC(=O)NC1=O.OCC(O)CO. The van der Waals surface area contributed by atoms with Crippen LogP contribution in [0.4, 0.5) is 9.59 Å². The van der Waals surface area contributed by atoms with E-state index >= 15 is 0 Å². The summed E-state index contributed by atoms with van der Waals surface area (Å²) in [7, 11) is 0. The molecule has 0 radical (unpaired) electrons. The van der Waals surface area contributed by atoms with Crippen molar-refractivity contribution < 1.29 is 29.7 Å². The van der Waals surface area contributed by atoms with E-state index in [0.29, 0.717) is 0 Å². The van der Waals surface area contributed by atoms with Crippen LogP contribution in [0.25, 0.3) is 0 Å². The Labute approximate surface area is 95.8 Å². The Morgan fingerprint density at radius 1 is 1.41 bits per heavy atom. The molecule has 0 aromatic carbocycles. The quantitative estimate of drug-likeness (QED) is 0.252. The Morgan fingerprint density at radius 2 is 1.94 bits per heavy atom. The largest absolute Gasteiger partial charge is 0.394 e. The number of aliphatic hydroxyl groups excluding tert-OH is 3. The van der Waals surface area contributed by atoms with Crippen LogP contribution in [0.5, 0.6) is 0 Å². The summed E-state index contributed by atoms with van der Waals surface area (Å²) >= 11 is 0. The number of nitrogens with one attached hydrogen (secondary N) is 3. The summed E-state index contributed by atoms with van der Waals surface area (Å²) in [4.78, 5) is 31.3. The number of aliphatic hydroxyl groups is 3. The molecule has 0 bridgehead atoms. The van der Waals surface area contributed by atoms with Gasteiger partial charge in [0.25, 0.3) is 5.91 Å². The highest BCUT2D eigenvalue weighted by Crippen LogP contribution is 1.86. The third-order valence-corrected chi connectivity index (χ3v) is 1.48. The van der Waals surface area contributed by atoms with E-state index in [0.717, 1.165) is 0 Å². The van der Waals surface area contributed by atoms with Crippen molar-refractivity contribution in [2.24, 2.45) is 5.73 Å². The standard InChI is InChI=1S/C4H6N4O3.C3H8O3/c5-3(10)6-1-2(9)8-4(11)7-1;4-1-3(6)2-5/h1H,(H3,5,6,10)(H2,7,8,9,11);3-6H,1-2H2. The zero-order chi connectivity index (χ0) is 13.4. The molecule has 1 atom stereocenters. The van der Waals surface area contributed by atoms with Crippen molar-refractivity contribution in [3.8, 4) is 0 Å². The van der Waals surface area contributed by atoms with E-state index in [2.05, 4.69) is 5.32 Å². The monoisotopic (exact) mass is 250 g/mol. The first kappa shape index (κ1) is 15.1. The topological polar surface area (TPSA) is 174 Å². The fourth-order valence-electron chi connectivity index (χ4n) is 0.718. The van der Waals surface area contributed by atoms with E-state index < -0.39 is 30.2 Å². The van der Waals surface area contributed by atoms with E-state index in [-0.39, 0.29) is 13.2 Å². The average Bonchev–Trinajstić information content (AvgIpc) is 2.56. The second-order valence-corrected chi connectivity index (χ2v) is 2.92. The number of hydrogen-bond donors (Lipinski definition) is 7. The third-order valence-electron chi connectivity index (χ3n) is 1.48. The average molecular weight is 250 g/mol. The number of imide groups is 1. The minimum absolute atomic E-state index is 0.365. The number of urea groups is 2. The first-order valence-corrected chi connectivity index (χ1v) is 4.47. The number of rotatable bonds is 3. The van der Waals surface area contributed by atoms with Gasteiger partial charge in [0.15, 0.2) is 6.17 Å². The van der Waals surface area contributed by atoms with Gasteiger partial charge < -0.3 is 31.7 Å². The molecule has 0 saturated carbocycles. The maximum Gasteiger partial charge on any atom is 0.323 e. The van der Waals surface area contributed by atoms with Crippen molar-refractivity contribution in [1.29, 1.82) is 0 Å². The molecule has 1 saturated heterocycles. The molecule has 10 heteroatoms. The predicted molar refractivity (Wildman–Crippen MR) is 53.4 cm³/mol. The first-order valence-electron chi connectivity index (χ1n) is 4.47. The summed E-state index contributed by atoms with van der Waals surface area (Å²) in [5.41, 5.74) is 4.70. The van der Waals surface area contributed by atoms with Crippen molar-refractivity contribution in [3.05, 3.63) is 0 Å². The van der Waals surface area contributed by atoms with Crippen LogP contribution in [-0.2, 0) is 4.79 Å². The van der Waals surface area contributed by atoms with Gasteiger partial charge in [-0.15, -0.1) is 0 Å². The summed E-state index contributed by atoms with van der Waals surface area (Å²) in [6.45, 7) is -0.729. The Hall–Kier alpha value is -1.91. The number of amides is 5. The van der Waals surface area contributed by atoms with Gasteiger partial charge in [-0.2, -0.15) is 0 Å². The predicted octanol–water partition coefficient (Wildman–Crippen LogP) is -3.85. The number of hydrogen-bond acceptors (Lipinski definition) is 6. The van der Waals surface area contributed by atoms with Crippen LogP contribution in [0.15, 0.2) is 0 Å². The molecule has 1 fully saturated rings. The smallest absolute Gasteiger partial charge is 0.323 e. The molecule has 0 spiro atoms. The van der Waals surface area contributed by atoms with Gasteiger partial charge in [-0.05, 0) is 0 Å². The molecule has 98 valence electrons. The molecule has 1 heterocycles. The van der Waals surface area contributed by atoms with Gasteiger partial charge in [0, 0.05) is 0 Å². The van der Waals surface area contributed by atoms with Crippen LogP contribution in [0, 0.1) is 0 Å². The lowest BCUT2D eigenvalue weighted by atomic mass is 10.4. The van der Waals surface area contributed by atoms with Crippen molar-refractivity contribution in [3.63, 3.8) is 0 Å². The summed E-state index contributed by atoms with van der Waals surface area (Å²) < 4.78 is 0. The zero-order valence-electron chi connectivity index (χ0n) is 8.71. The summed E-state index contributed by atoms with van der Waals surface area (Å²) in [5, 5.41) is 30.1. The van der Waals surface area contributed by atoms with Gasteiger partial charge in [0.1, 0.15) is 6.10 Å². The summed E-state index contributed by atoms with van der Waals surface area (Å²) in [6.07, 6.45) is -2.00. The molecule has 5 amide bonds.